The van der Waals surface area contributed by atoms with Crippen LogP contribution in [0.15, 0.2) is 22.7 Å². The van der Waals surface area contributed by atoms with Gasteiger partial charge < -0.3 is 4.74 Å². The van der Waals surface area contributed by atoms with Gasteiger partial charge in [0.1, 0.15) is 5.75 Å². The molecular weight excluding hydrogens is 251 g/mol. The summed E-state index contributed by atoms with van der Waals surface area (Å²) in [6.45, 7) is 0.877. The Morgan fingerprint density at radius 3 is 2.86 bits per heavy atom. The first-order valence-corrected chi connectivity index (χ1v) is 4.99. The third-order valence-corrected chi connectivity index (χ3v) is 2.44. The van der Waals surface area contributed by atoms with Crippen LogP contribution in [0, 0.1) is 0 Å². The van der Waals surface area contributed by atoms with Gasteiger partial charge in [0.25, 0.3) is 0 Å². The molecule has 0 amide bonds. The molecule has 0 fully saturated rings. The number of hydrogen-bond acceptors (Lipinski definition) is 2. The van der Waals surface area contributed by atoms with Crippen molar-refractivity contribution in [3.8, 4) is 5.75 Å². The molecule has 76 valence electrons. The van der Waals surface area contributed by atoms with Gasteiger partial charge in [-0.25, -0.2) is 4.39 Å². The minimum absolute atomic E-state index is 0.0150. The van der Waals surface area contributed by atoms with E-state index in [1.54, 1.807) is 19.1 Å². The molecule has 0 bridgehead atoms. The average Bonchev–Trinajstić information content (AvgIpc) is 2.20. The Bertz CT molecular complexity index is 339. The Morgan fingerprint density at radius 2 is 2.29 bits per heavy atom. The molecule has 0 saturated heterocycles. The molecule has 1 aromatic rings. The maximum atomic E-state index is 11.9. The van der Waals surface area contributed by atoms with E-state index in [0.717, 1.165) is 0 Å². The average molecular weight is 261 g/mol. The molecule has 0 aromatic heterocycles. The van der Waals surface area contributed by atoms with Gasteiger partial charge in [-0.3, -0.25) is 4.79 Å². The molecule has 0 atom stereocenters. The summed E-state index contributed by atoms with van der Waals surface area (Å²) in [7, 11) is 0. The fraction of sp³-hybridized carbons (Fsp3) is 0.300. The molecule has 2 nitrogen and oxygen atoms in total. The fourth-order valence-electron chi connectivity index (χ4n) is 1.05. The molecule has 0 saturated carbocycles. The van der Waals surface area contributed by atoms with Crippen molar-refractivity contribution in [1.82, 2.24) is 0 Å². The van der Waals surface area contributed by atoms with E-state index in [-0.39, 0.29) is 5.78 Å². The summed E-state index contributed by atoms with van der Waals surface area (Å²) in [5, 5.41) is 0. The largest absolute Gasteiger partial charge is 0.462 e. The Morgan fingerprint density at radius 1 is 1.57 bits per heavy atom. The topological polar surface area (TPSA) is 26.3 Å². The van der Waals surface area contributed by atoms with Gasteiger partial charge in [-0.15, -0.1) is 0 Å². The first-order chi connectivity index (χ1) is 6.69. The first kappa shape index (κ1) is 11.2. The van der Waals surface area contributed by atoms with Gasteiger partial charge in [0.2, 0.25) is 6.86 Å². The molecule has 0 heterocycles. The number of ether oxygens (including phenoxy) is 1. The quantitative estimate of drug-likeness (QED) is 0.777. The van der Waals surface area contributed by atoms with E-state index in [1.165, 1.54) is 6.07 Å². The van der Waals surface area contributed by atoms with Gasteiger partial charge in [-0.1, -0.05) is 13.0 Å². The molecular formula is C10H10BrFO2. The predicted octanol–water partition coefficient (Wildman–Crippen LogP) is 3.35. The molecule has 1 aromatic carbocycles. The minimum Gasteiger partial charge on any atom is -0.462 e. The van der Waals surface area contributed by atoms with Crippen molar-refractivity contribution in [3.63, 3.8) is 0 Å². The van der Waals surface area contributed by atoms with Crippen molar-refractivity contribution in [2.45, 2.75) is 13.3 Å². The van der Waals surface area contributed by atoms with Crippen molar-refractivity contribution in [2.24, 2.45) is 0 Å². The van der Waals surface area contributed by atoms with Crippen molar-refractivity contribution in [1.29, 1.82) is 0 Å². The van der Waals surface area contributed by atoms with Crippen molar-refractivity contribution in [2.75, 3.05) is 6.86 Å². The third-order valence-electron chi connectivity index (χ3n) is 1.78. The second-order valence-corrected chi connectivity index (χ2v) is 3.53. The maximum absolute atomic E-state index is 11.9. The highest BCUT2D eigenvalue weighted by molar-refractivity contribution is 9.10. The van der Waals surface area contributed by atoms with Crippen LogP contribution in [0.4, 0.5) is 4.39 Å². The minimum atomic E-state index is -0.900. The van der Waals surface area contributed by atoms with Crippen molar-refractivity contribution in [3.05, 3.63) is 28.2 Å². The Balaban J connectivity index is 2.99. The van der Waals surface area contributed by atoms with Crippen molar-refractivity contribution < 1.29 is 13.9 Å². The Kier molecular flexibility index (Phi) is 4.07. The van der Waals surface area contributed by atoms with E-state index in [0.29, 0.717) is 22.2 Å². The predicted molar refractivity (Wildman–Crippen MR) is 55.4 cm³/mol. The summed E-state index contributed by atoms with van der Waals surface area (Å²) >= 11 is 3.20. The number of carbonyl (C=O) groups is 1. The van der Waals surface area contributed by atoms with Crippen LogP contribution in [-0.2, 0) is 0 Å². The fourth-order valence-corrected chi connectivity index (χ4v) is 1.41. The van der Waals surface area contributed by atoms with E-state index in [9.17, 15) is 9.18 Å². The van der Waals surface area contributed by atoms with Gasteiger partial charge >= 0.3 is 0 Å². The number of alkyl halides is 1. The lowest BCUT2D eigenvalue weighted by Crippen LogP contribution is -1.98. The van der Waals surface area contributed by atoms with Crippen LogP contribution in [0.5, 0.6) is 5.75 Å². The van der Waals surface area contributed by atoms with Crippen LogP contribution < -0.4 is 4.74 Å². The van der Waals surface area contributed by atoms with E-state index < -0.39 is 6.86 Å². The summed E-state index contributed by atoms with van der Waals surface area (Å²) < 4.78 is 17.3. The Labute approximate surface area is 90.2 Å². The van der Waals surface area contributed by atoms with E-state index in [1.807, 2.05) is 0 Å². The zero-order valence-electron chi connectivity index (χ0n) is 7.72. The van der Waals surface area contributed by atoms with Crippen LogP contribution in [-0.4, -0.2) is 12.6 Å². The normalized spacial score (nSPS) is 9.93. The highest BCUT2D eigenvalue weighted by Gasteiger charge is 2.07. The molecule has 0 aliphatic carbocycles. The van der Waals surface area contributed by atoms with Gasteiger partial charge in [0.15, 0.2) is 5.78 Å². The number of rotatable bonds is 4. The smallest absolute Gasteiger partial charge is 0.228 e. The first-order valence-electron chi connectivity index (χ1n) is 4.20. The second kappa shape index (κ2) is 5.10. The van der Waals surface area contributed by atoms with E-state index >= 15 is 0 Å². The Hall–Kier alpha value is -0.900. The van der Waals surface area contributed by atoms with Crippen LogP contribution in [0.25, 0.3) is 0 Å². The van der Waals surface area contributed by atoms with E-state index in [2.05, 4.69) is 15.9 Å². The van der Waals surface area contributed by atoms with Crippen LogP contribution >= 0.6 is 15.9 Å². The van der Waals surface area contributed by atoms with Gasteiger partial charge in [-0.05, 0) is 28.1 Å². The molecule has 0 aliphatic heterocycles. The molecule has 0 radical (unpaired) electrons. The van der Waals surface area contributed by atoms with Gasteiger partial charge in [0, 0.05) is 12.0 Å². The van der Waals surface area contributed by atoms with Crippen LogP contribution in [0.2, 0.25) is 0 Å². The van der Waals surface area contributed by atoms with Gasteiger partial charge in [0.05, 0.1) is 4.47 Å². The molecule has 0 N–H and O–H groups in total. The number of carbonyl (C=O) groups excluding carboxylic acids is 1. The standard InChI is InChI=1S/C10H10BrFO2/c1-2-9(13)7-3-4-8(11)10(5-7)14-6-12/h3-5H,2,6H2,1H3. The lowest BCUT2D eigenvalue weighted by atomic mass is 10.1. The highest BCUT2D eigenvalue weighted by atomic mass is 79.9. The zero-order valence-corrected chi connectivity index (χ0v) is 9.30. The van der Waals surface area contributed by atoms with Gasteiger partial charge in [-0.2, -0.15) is 0 Å². The summed E-state index contributed by atoms with van der Waals surface area (Å²) in [4.78, 5) is 11.3. The number of hydrogen-bond donors (Lipinski definition) is 0. The molecule has 0 spiro atoms. The maximum Gasteiger partial charge on any atom is 0.228 e. The van der Waals surface area contributed by atoms with Crippen LogP contribution in [0.3, 0.4) is 0 Å². The molecule has 4 heteroatoms. The zero-order chi connectivity index (χ0) is 10.6. The number of Topliss-reactive ketones (excluding diaryl/α,β-unsaturated/α-hetero) is 1. The lowest BCUT2D eigenvalue weighted by Gasteiger charge is -2.05. The summed E-state index contributed by atoms with van der Waals surface area (Å²) in [6, 6.07) is 4.89. The van der Waals surface area contributed by atoms with Crippen molar-refractivity contribution >= 4 is 21.7 Å². The highest BCUT2D eigenvalue weighted by Crippen LogP contribution is 2.26. The molecule has 0 unspecified atom stereocenters. The monoisotopic (exact) mass is 260 g/mol. The molecule has 14 heavy (non-hydrogen) atoms. The number of ketones is 1. The number of halogens is 2. The summed E-state index contributed by atoms with van der Waals surface area (Å²) in [5.41, 5.74) is 0.541. The molecule has 0 aliphatic rings. The second-order valence-electron chi connectivity index (χ2n) is 2.68. The lowest BCUT2D eigenvalue weighted by molar-refractivity contribution is 0.0987. The SMILES string of the molecule is CCC(=O)c1ccc(Br)c(OCF)c1. The molecule has 1 rings (SSSR count). The number of benzene rings is 1. The van der Waals surface area contributed by atoms with Crippen LogP contribution in [0.1, 0.15) is 23.7 Å². The third kappa shape index (κ3) is 2.54. The van der Waals surface area contributed by atoms with E-state index in [4.69, 9.17) is 4.74 Å². The summed E-state index contributed by atoms with van der Waals surface area (Å²) in [6.07, 6.45) is 0.427. The summed E-state index contributed by atoms with van der Waals surface area (Å²) in [5.74, 6) is 0.369.